The summed E-state index contributed by atoms with van der Waals surface area (Å²) in [6.07, 6.45) is -0.426. The SMILES string of the molecule is CCC1=C(C(F)(F)F)C=CC(NC(=O)c2cc(Cl)cc(CN3CCOCC3)c2O)=CC1. The first-order valence-electron chi connectivity index (χ1n) is 9.99. The summed E-state index contributed by atoms with van der Waals surface area (Å²) in [5.41, 5.74) is 0.234. The molecule has 168 valence electrons. The number of hydrogen-bond acceptors (Lipinski definition) is 4. The molecule has 0 radical (unpaired) electrons. The van der Waals surface area contributed by atoms with Crippen molar-refractivity contribution in [2.45, 2.75) is 32.5 Å². The van der Waals surface area contributed by atoms with Gasteiger partial charge in [-0.1, -0.05) is 30.2 Å². The molecule has 1 aromatic rings. The number of nitrogens with zero attached hydrogens (tertiary/aromatic N) is 1. The molecule has 0 saturated carbocycles. The maximum Gasteiger partial charge on any atom is 0.416 e. The van der Waals surface area contributed by atoms with Crippen LogP contribution in [0.4, 0.5) is 13.2 Å². The number of carbonyl (C=O) groups is 1. The summed E-state index contributed by atoms with van der Waals surface area (Å²) < 4.78 is 45.1. The number of alkyl halides is 3. The maximum atomic E-state index is 13.3. The Morgan fingerprint density at radius 3 is 2.61 bits per heavy atom. The van der Waals surface area contributed by atoms with Crippen molar-refractivity contribution in [1.29, 1.82) is 0 Å². The fourth-order valence-electron chi connectivity index (χ4n) is 3.57. The van der Waals surface area contributed by atoms with Crippen molar-refractivity contribution in [1.82, 2.24) is 10.2 Å². The van der Waals surface area contributed by atoms with E-state index < -0.39 is 17.7 Å². The minimum Gasteiger partial charge on any atom is -0.507 e. The first kappa shape index (κ1) is 23.4. The lowest BCUT2D eigenvalue weighted by molar-refractivity contribution is -0.0891. The van der Waals surface area contributed by atoms with Crippen LogP contribution in [0.25, 0.3) is 0 Å². The van der Waals surface area contributed by atoms with Crippen LogP contribution in [0.2, 0.25) is 5.02 Å². The highest BCUT2D eigenvalue weighted by Crippen LogP contribution is 2.34. The van der Waals surface area contributed by atoms with E-state index in [1.54, 1.807) is 13.0 Å². The number of benzene rings is 1. The van der Waals surface area contributed by atoms with Crippen LogP contribution in [0.3, 0.4) is 0 Å². The number of hydrogen-bond donors (Lipinski definition) is 2. The summed E-state index contributed by atoms with van der Waals surface area (Å²) in [4.78, 5) is 14.9. The predicted octanol–water partition coefficient (Wildman–Crippen LogP) is 4.72. The zero-order valence-electron chi connectivity index (χ0n) is 17.1. The van der Waals surface area contributed by atoms with E-state index in [-0.39, 0.29) is 40.4 Å². The van der Waals surface area contributed by atoms with Gasteiger partial charge in [0.15, 0.2) is 0 Å². The molecule has 9 heteroatoms. The van der Waals surface area contributed by atoms with Crippen molar-refractivity contribution >= 4 is 17.5 Å². The van der Waals surface area contributed by atoms with E-state index in [9.17, 15) is 23.1 Å². The molecular weight excluding hydrogens is 433 g/mol. The second kappa shape index (κ2) is 9.89. The molecule has 0 unspecified atom stereocenters. The van der Waals surface area contributed by atoms with Crippen molar-refractivity contribution in [3.05, 3.63) is 63.4 Å². The minimum atomic E-state index is -4.46. The molecule has 3 rings (SSSR count). The van der Waals surface area contributed by atoms with Crippen LogP contribution < -0.4 is 5.32 Å². The predicted molar refractivity (Wildman–Crippen MR) is 112 cm³/mol. The molecule has 0 bridgehead atoms. The molecule has 1 saturated heterocycles. The van der Waals surface area contributed by atoms with Gasteiger partial charge in [-0.15, -0.1) is 0 Å². The largest absolute Gasteiger partial charge is 0.507 e. The van der Waals surface area contributed by atoms with E-state index in [4.69, 9.17) is 16.3 Å². The Labute approximate surface area is 183 Å². The van der Waals surface area contributed by atoms with Crippen LogP contribution in [-0.2, 0) is 11.3 Å². The van der Waals surface area contributed by atoms with Gasteiger partial charge in [0.1, 0.15) is 5.75 Å². The van der Waals surface area contributed by atoms with Gasteiger partial charge >= 0.3 is 6.18 Å². The van der Waals surface area contributed by atoms with Crippen LogP contribution in [0.15, 0.2) is 47.2 Å². The monoisotopic (exact) mass is 456 g/mol. The van der Waals surface area contributed by atoms with E-state index in [1.165, 1.54) is 18.2 Å². The van der Waals surface area contributed by atoms with Crippen molar-refractivity contribution < 1.29 is 27.8 Å². The lowest BCUT2D eigenvalue weighted by Gasteiger charge is -2.27. The summed E-state index contributed by atoms with van der Waals surface area (Å²) in [5, 5.41) is 13.5. The summed E-state index contributed by atoms with van der Waals surface area (Å²) in [6, 6.07) is 2.94. The van der Waals surface area contributed by atoms with Gasteiger partial charge in [-0.2, -0.15) is 13.2 Å². The van der Waals surface area contributed by atoms with Crippen LogP contribution in [-0.4, -0.2) is 48.4 Å². The highest BCUT2D eigenvalue weighted by Gasteiger charge is 2.34. The van der Waals surface area contributed by atoms with E-state index >= 15 is 0 Å². The molecule has 2 aliphatic rings. The summed E-state index contributed by atoms with van der Waals surface area (Å²) in [6.45, 7) is 4.62. The Morgan fingerprint density at radius 1 is 1.26 bits per heavy atom. The Bertz CT molecular complexity index is 933. The molecule has 2 N–H and O–H groups in total. The topological polar surface area (TPSA) is 61.8 Å². The number of allylic oxidation sites excluding steroid dienone is 5. The molecule has 31 heavy (non-hydrogen) atoms. The maximum absolute atomic E-state index is 13.3. The number of ether oxygens (including phenoxy) is 1. The van der Waals surface area contributed by atoms with E-state index in [1.807, 2.05) is 0 Å². The van der Waals surface area contributed by atoms with Crippen molar-refractivity contribution in [3.63, 3.8) is 0 Å². The average molecular weight is 457 g/mol. The second-order valence-corrected chi connectivity index (χ2v) is 7.81. The summed E-state index contributed by atoms with van der Waals surface area (Å²) >= 11 is 6.17. The number of nitrogens with one attached hydrogen (secondary N) is 1. The van der Waals surface area contributed by atoms with Crippen LogP contribution in [0.1, 0.15) is 35.7 Å². The van der Waals surface area contributed by atoms with Crippen molar-refractivity contribution in [2.24, 2.45) is 0 Å². The normalized spacial score (nSPS) is 18.0. The van der Waals surface area contributed by atoms with Crippen LogP contribution in [0, 0.1) is 0 Å². The highest BCUT2D eigenvalue weighted by atomic mass is 35.5. The number of amides is 1. The number of carbonyl (C=O) groups excluding carboxylic acids is 1. The molecule has 0 spiro atoms. The average Bonchev–Trinajstić information content (AvgIpc) is 2.93. The summed E-state index contributed by atoms with van der Waals surface area (Å²) in [5.74, 6) is -0.845. The number of phenols is 1. The van der Waals surface area contributed by atoms with Crippen molar-refractivity contribution in [2.75, 3.05) is 26.3 Å². The third-order valence-corrected chi connectivity index (χ3v) is 5.48. The van der Waals surface area contributed by atoms with Crippen LogP contribution >= 0.6 is 11.6 Å². The highest BCUT2D eigenvalue weighted by molar-refractivity contribution is 6.31. The molecule has 0 aromatic heterocycles. The number of rotatable bonds is 5. The summed E-state index contributed by atoms with van der Waals surface area (Å²) in [7, 11) is 0. The molecule has 1 aliphatic heterocycles. The zero-order valence-corrected chi connectivity index (χ0v) is 17.8. The Morgan fingerprint density at radius 2 is 1.97 bits per heavy atom. The van der Waals surface area contributed by atoms with Gasteiger partial charge in [-0.3, -0.25) is 9.69 Å². The number of aromatic hydroxyl groups is 1. The fraction of sp³-hybridized carbons (Fsp3) is 0.409. The Kier molecular flexibility index (Phi) is 7.46. The smallest absolute Gasteiger partial charge is 0.416 e. The van der Waals surface area contributed by atoms with E-state index in [2.05, 4.69) is 10.2 Å². The van der Waals surface area contributed by atoms with Crippen LogP contribution in [0.5, 0.6) is 5.75 Å². The van der Waals surface area contributed by atoms with E-state index in [0.29, 0.717) is 38.4 Å². The number of morpholine rings is 1. The molecule has 1 aliphatic carbocycles. The standard InChI is InChI=1S/C22H24ClF3N2O3/c1-2-14-3-4-17(5-6-19(14)22(24,25)26)27-21(30)18-12-16(23)11-15(20(18)29)13-28-7-9-31-10-8-28/h4-6,11-12,29H,2-3,7-10,13H2,1H3,(H,27,30). The first-order chi connectivity index (χ1) is 14.7. The van der Waals surface area contributed by atoms with Gasteiger partial charge in [0.2, 0.25) is 0 Å². The third-order valence-electron chi connectivity index (χ3n) is 5.26. The molecule has 1 aromatic carbocycles. The minimum absolute atomic E-state index is 0.0333. The lowest BCUT2D eigenvalue weighted by atomic mass is 10.0. The molecule has 5 nitrogen and oxygen atoms in total. The number of halogens is 4. The van der Waals surface area contributed by atoms with Gasteiger partial charge in [-0.05, 0) is 37.1 Å². The van der Waals surface area contributed by atoms with Gasteiger partial charge < -0.3 is 15.2 Å². The Balaban J connectivity index is 1.78. The molecule has 1 fully saturated rings. The molecule has 1 amide bonds. The van der Waals surface area contributed by atoms with Gasteiger partial charge in [0.05, 0.1) is 24.4 Å². The second-order valence-electron chi connectivity index (χ2n) is 7.37. The van der Waals surface area contributed by atoms with Gasteiger partial charge in [0, 0.05) is 35.9 Å². The quantitative estimate of drug-likeness (QED) is 0.673. The fourth-order valence-corrected chi connectivity index (χ4v) is 3.81. The third kappa shape index (κ3) is 5.90. The van der Waals surface area contributed by atoms with Gasteiger partial charge in [-0.25, -0.2) is 0 Å². The zero-order chi connectivity index (χ0) is 22.6. The number of phenolic OH excluding ortho intramolecular Hbond substituents is 1. The van der Waals surface area contributed by atoms with Crippen molar-refractivity contribution in [3.8, 4) is 5.75 Å². The molecular formula is C22H24ClF3N2O3. The Hall–Kier alpha value is -2.29. The molecule has 0 atom stereocenters. The lowest BCUT2D eigenvalue weighted by Crippen LogP contribution is -2.35. The first-order valence-corrected chi connectivity index (χ1v) is 10.4. The van der Waals surface area contributed by atoms with Gasteiger partial charge in [0.25, 0.3) is 5.91 Å². The van der Waals surface area contributed by atoms with E-state index in [0.717, 1.165) is 6.08 Å². The molecule has 1 heterocycles.